The topological polar surface area (TPSA) is 65.5 Å². The van der Waals surface area contributed by atoms with Crippen molar-refractivity contribution in [3.63, 3.8) is 0 Å². The van der Waals surface area contributed by atoms with Crippen LogP contribution in [0.1, 0.15) is 26.3 Å². The van der Waals surface area contributed by atoms with Crippen molar-refractivity contribution >= 4 is 17.6 Å². The summed E-state index contributed by atoms with van der Waals surface area (Å²) in [6.45, 7) is 1.43. The van der Waals surface area contributed by atoms with Gasteiger partial charge in [0.25, 0.3) is 11.8 Å². The number of carbonyl (C=O) groups excluding carboxylic acids is 2. The van der Waals surface area contributed by atoms with Crippen LogP contribution in [0.5, 0.6) is 0 Å². The summed E-state index contributed by atoms with van der Waals surface area (Å²) in [4.78, 5) is 32.3. The minimum Gasteiger partial charge on any atom is -0.353 e. The number of nitrogens with one attached hydrogen (secondary N) is 1. The Balaban J connectivity index is 1.31. The number of hydrogen-bond donors (Lipinski definition) is 1. The van der Waals surface area contributed by atoms with Crippen molar-refractivity contribution in [3.05, 3.63) is 94.7 Å². The first-order valence-corrected chi connectivity index (χ1v) is 11.0. The van der Waals surface area contributed by atoms with Crippen molar-refractivity contribution in [2.45, 2.75) is 6.42 Å². The Labute approximate surface area is 199 Å². The molecule has 0 unspecified atom stereocenters. The van der Waals surface area contributed by atoms with Crippen LogP contribution >= 0.6 is 0 Å². The van der Waals surface area contributed by atoms with Crippen LogP contribution in [0.3, 0.4) is 0 Å². The third-order valence-electron chi connectivity index (χ3n) is 5.78. The molecule has 3 aromatic rings. The number of pyridine rings is 1. The highest BCUT2D eigenvalue weighted by Gasteiger charge is 2.28. The Morgan fingerprint density at radius 1 is 0.886 bits per heavy atom. The van der Waals surface area contributed by atoms with E-state index in [1.54, 1.807) is 12.1 Å². The molecule has 35 heavy (non-hydrogen) atoms. The Hall–Kier alpha value is -3.95. The summed E-state index contributed by atoms with van der Waals surface area (Å²) in [5.41, 5.74) is 0.679. The highest BCUT2D eigenvalue weighted by Crippen LogP contribution is 2.21. The lowest BCUT2D eigenvalue weighted by Crippen LogP contribution is -2.49. The molecule has 1 saturated heterocycles. The monoisotopic (exact) mass is 486 g/mol. The van der Waals surface area contributed by atoms with E-state index in [1.165, 1.54) is 11.1 Å². The van der Waals surface area contributed by atoms with Crippen molar-refractivity contribution < 1.29 is 27.2 Å². The van der Waals surface area contributed by atoms with E-state index in [1.807, 2.05) is 35.2 Å². The third kappa shape index (κ3) is 5.42. The van der Waals surface area contributed by atoms with E-state index < -0.39 is 34.7 Å². The number of aromatic nitrogens is 1. The average Bonchev–Trinajstić information content (AvgIpc) is 2.90. The maximum atomic E-state index is 14.0. The number of anilines is 1. The van der Waals surface area contributed by atoms with E-state index in [0.717, 1.165) is 5.56 Å². The standard InChI is InChI=1S/C25H22F4N4O2/c26-19-14-18(21(27)23(29)22(19)28)25(35)33-12-10-32(11-13-33)20-7-6-17(15-31-20)24(34)30-9-8-16-4-2-1-3-5-16/h1-7,14-15H,8-13H2,(H,30,34). The van der Waals surface area contributed by atoms with Gasteiger partial charge in [-0.2, -0.15) is 0 Å². The summed E-state index contributed by atoms with van der Waals surface area (Å²) in [5.74, 6) is -7.88. The van der Waals surface area contributed by atoms with E-state index in [0.29, 0.717) is 43.5 Å². The van der Waals surface area contributed by atoms with Crippen LogP contribution in [0.2, 0.25) is 0 Å². The normalized spacial score (nSPS) is 13.6. The molecule has 0 bridgehead atoms. The number of carbonyl (C=O) groups is 2. The van der Waals surface area contributed by atoms with Gasteiger partial charge in [0.05, 0.1) is 11.1 Å². The third-order valence-corrected chi connectivity index (χ3v) is 5.78. The minimum absolute atomic E-state index is 0.141. The lowest BCUT2D eigenvalue weighted by molar-refractivity contribution is 0.0739. The Morgan fingerprint density at radius 2 is 1.60 bits per heavy atom. The fraction of sp³-hybridized carbons (Fsp3) is 0.240. The highest BCUT2D eigenvalue weighted by atomic mass is 19.2. The summed E-state index contributed by atoms with van der Waals surface area (Å²) in [6, 6.07) is 13.5. The minimum atomic E-state index is -2.01. The smallest absolute Gasteiger partial charge is 0.257 e. The zero-order valence-corrected chi connectivity index (χ0v) is 18.6. The van der Waals surface area contributed by atoms with Gasteiger partial charge in [-0.15, -0.1) is 0 Å². The van der Waals surface area contributed by atoms with Crippen LogP contribution in [-0.4, -0.2) is 54.4 Å². The fourth-order valence-electron chi connectivity index (χ4n) is 3.81. The van der Waals surface area contributed by atoms with Gasteiger partial charge in [0.2, 0.25) is 0 Å². The predicted molar refractivity (Wildman–Crippen MR) is 121 cm³/mol. The number of amides is 2. The molecule has 2 amide bonds. The molecular weight excluding hydrogens is 464 g/mol. The molecule has 0 aliphatic carbocycles. The number of nitrogens with zero attached hydrogens (tertiary/aromatic N) is 3. The molecule has 1 aliphatic heterocycles. The molecule has 2 heterocycles. The van der Waals surface area contributed by atoms with Crippen LogP contribution in [0.25, 0.3) is 0 Å². The maximum absolute atomic E-state index is 14.0. The van der Waals surface area contributed by atoms with Gasteiger partial charge in [-0.1, -0.05) is 30.3 Å². The summed E-state index contributed by atoms with van der Waals surface area (Å²) >= 11 is 0. The molecule has 6 nitrogen and oxygen atoms in total. The second-order valence-electron chi connectivity index (χ2n) is 8.02. The van der Waals surface area contributed by atoms with Crippen LogP contribution in [0.15, 0.2) is 54.7 Å². The summed E-state index contributed by atoms with van der Waals surface area (Å²) < 4.78 is 54.1. The van der Waals surface area contributed by atoms with Crippen molar-refractivity contribution in [1.29, 1.82) is 0 Å². The van der Waals surface area contributed by atoms with Crippen LogP contribution < -0.4 is 10.2 Å². The molecule has 1 N–H and O–H groups in total. The lowest BCUT2D eigenvalue weighted by Gasteiger charge is -2.35. The molecule has 2 aromatic carbocycles. The van der Waals surface area contributed by atoms with Crippen LogP contribution in [0.4, 0.5) is 23.4 Å². The van der Waals surface area contributed by atoms with Crippen molar-refractivity contribution in [2.24, 2.45) is 0 Å². The molecular formula is C25H22F4N4O2. The number of piperazine rings is 1. The number of hydrogen-bond acceptors (Lipinski definition) is 4. The number of halogens is 4. The zero-order valence-electron chi connectivity index (χ0n) is 18.6. The van der Waals surface area contributed by atoms with Gasteiger partial charge in [0, 0.05) is 38.9 Å². The number of rotatable bonds is 6. The summed E-state index contributed by atoms with van der Waals surface area (Å²) in [6.07, 6.45) is 2.17. The Kier molecular flexibility index (Phi) is 7.28. The van der Waals surface area contributed by atoms with E-state index in [9.17, 15) is 27.2 Å². The van der Waals surface area contributed by atoms with Gasteiger partial charge in [-0.05, 0) is 30.2 Å². The first kappa shape index (κ1) is 24.2. The molecule has 1 aromatic heterocycles. The Bertz CT molecular complexity index is 1210. The second-order valence-corrected chi connectivity index (χ2v) is 8.02. The van der Waals surface area contributed by atoms with Crippen molar-refractivity contribution in [2.75, 3.05) is 37.6 Å². The molecule has 4 rings (SSSR count). The summed E-state index contributed by atoms with van der Waals surface area (Å²) in [5, 5.41) is 2.85. The van der Waals surface area contributed by atoms with E-state index in [-0.39, 0.29) is 19.0 Å². The molecule has 182 valence electrons. The van der Waals surface area contributed by atoms with Gasteiger partial charge < -0.3 is 15.1 Å². The average molecular weight is 486 g/mol. The van der Waals surface area contributed by atoms with Gasteiger partial charge in [0.1, 0.15) is 5.82 Å². The van der Waals surface area contributed by atoms with Gasteiger partial charge >= 0.3 is 0 Å². The molecule has 1 aliphatic rings. The van der Waals surface area contributed by atoms with E-state index in [2.05, 4.69) is 10.3 Å². The number of benzene rings is 2. The van der Waals surface area contributed by atoms with Gasteiger partial charge in [-0.3, -0.25) is 9.59 Å². The van der Waals surface area contributed by atoms with Crippen LogP contribution in [-0.2, 0) is 6.42 Å². The highest BCUT2D eigenvalue weighted by molar-refractivity contribution is 5.95. The molecule has 10 heteroatoms. The molecule has 0 spiro atoms. The van der Waals surface area contributed by atoms with Gasteiger partial charge in [0.15, 0.2) is 23.3 Å². The molecule has 0 radical (unpaired) electrons. The quantitative estimate of drug-likeness (QED) is 0.329. The molecule has 0 saturated carbocycles. The fourth-order valence-corrected chi connectivity index (χ4v) is 3.81. The Morgan fingerprint density at radius 3 is 2.26 bits per heavy atom. The van der Waals surface area contributed by atoms with Gasteiger partial charge in [-0.25, -0.2) is 22.5 Å². The van der Waals surface area contributed by atoms with Crippen molar-refractivity contribution in [3.8, 4) is 0 Å². The van der Waals surface area contributed by atoms with E-state index >= 15 is 0 Å². The first-order valence-electron chi connectivity index (χ1n) is 11.0. The van der Waals surface area contributed by atoms with Crippen molar-refractivity contribution in [1.82, 2.24) is 15.2 Å². The first-order chi connectivity index (χ1) is 16.8. The maximum Gasteiger partial charge on any atom is 0.257 e. The van der Waals surface area contributed by atoms with E-state index in [4.69, 9.17) is 0 Å². The zero-order chi connectivity index (χ0) is 24.9. The lowest BCUT2D eigenvalue weighted by atomic mass is 10.1. The summed E-state index contributed by atoms with van der Waals surface area (Å²) in [7, 11) is 0. The SMILES string of the molecule is O=C(NCCc1ccccc1)c1ccc(N2CCN(C(=O)c3cc(F)c(F)c(F)c3F)CC2)nc1. The molecule has 1 fully saturated rings. The van der Waals surface area contributed by atoms with Crippen LogP contribution in [0, 0.1) is 23.3 Å². The predicted octanol–water partition coefficient (Wildman–Crippen LogP) is 3.57. The second kappa shape index (κ2) is 10.5. The molecule has 0 atom stereocenters. The largest absolute Gasteiger partial charge is 0.353 e.